The molecule has 1 atom stereocenters. The van der Waals surface area contributed by atoms with Crippen molar-refractivity contribution in [3.8, 4) is 5.75 Å². The van der Waals surface area contributed by atoms with E-state index in [0.717, 1.165) is 49.9 Å². The number of ether oxygens (including phenoxy) is 2. The molecule has 1 aliphatic rings. The molecule has 28 heavy (non-hydrogen) atoms. The van der Waals surface area contributed by atoms with Gasteiger partial charge < -0.3 is 14.8 Å². The maximum atomic E-state index is 6.49. The van der Waals surface area contributed by atoms with E-state index in [1.807, 2.05) is 19.2 Å². The Labute approximate surface area is 172 Å². The monoisotopic (exact) mass is 406 g/mol. The average Bonchev–Trinajstić information content (AvgIpc) is 3.01. The topological polar surface area (TPSA) is 51.5 Å². The van der Waals surface area contributed by atoms with Crippen LogP contribution in [0.15, 0.2) is 24.3 Å². The van der Waals surface area contributed by atoms with Gasteiger partial charge in [0.15, 0.2) is 0 Å². The third kappa shape index (κ3) is 4.87. The number of aromatic nitrogens is 2. The molecule has 0 amide bonds. The lowest BCUT2D eigenvalue weighted by atomic mass is 10.0. The molecule has 1 aliphatic heterocycles. The van der Waals surface area contributed by atoms with Gasteiger partial charge in [0.2, 0.25) is 0 Å². The first kappa shape index (κ1) is 21.1. The van der Waals surface area contributed by atoms with Crippen LogP contribution in [-0.2, 0) is 18.3 Å². The molecule has 1 N–H and O–H groups in total. The molecule has 0 bridgehead atoms. The molecular weight excluding hydrogens is 376 g/mol. The Bertz CT molecular complexity index is 755. The van der Waals surface area contributed by atoms with E-state index in [-0.39, 0.29) is 6.04 Å². The van der Waals surface area contributed by atoms with Gasteiger partial charge in [-0.15, -0.1) is 0 Å². The molecule has 0 aliphatic carbocycles. The van der Waals surface area contributed by atoms with Crippen molar-refractivity contribution in [2.75, 3.05) is 40.0 Å². The molecule has 2 heterocycles. The van der Waals surface area contributed by atoms with Gasteiger partial charge in [0, 0.05) is 44.8 Å². The molecule has 154 valence electrons. The average molecular weight is 407 g/mol. The summed E-state index contributed by atoms with van der Waals surface area (Å²) >= 11 is 6.49. The Balaban J connectivity index is 1.73. The fourth-order valence-corrected chi connectivity index (χ4v) is 3.90. The first-order chi connectivity index (χ1) is 13.5. The first-order valence-electron chi connectivity index (χ1n) is 9.89. The van der Waals surface area contributed by atoms with E-state index in [0.29, 0.717) is 17.6 Å². The lowest BCUT2D eigenvalue weighted by molar-refractivity contribution is 0.0161. The second-order valence-corrected chi connectivity index (χ2v) is 7.86. The van der Waals surface area contributed by atoms with Crippen LogP contribution in [0.25, 0.3) is 0 Å². The number of methoxy groups -OCH3 is 1. The van der Waals surface area contributed by atoms with Crippen molar-refractivity contribution in [2.24, 2.45) is 7.05 Å². The van der Waals surface area contributed by atoms with Crippen molar-refractivity contribution < 1.29 is 9.47 Å². The Morgan fingerprint density at radius 1 is 1.21 bits per heavy atom. The summed E-state index contributed by atoms with van der Waals surface area (Å²) in [6.07, 6.45) is 0. The Kier molecular flexibility index (Phi) is 7.35. The molecule has 0 spiro atoms. The number of nitrogens with zero attached hydrogens (tertiary/aromatic N) is 3. The highest BCUT2D eigenvalue weighted by Crippen LogP contribution is 2.27. The van der Waals surface area contributed by atoms with Crippen LogP contribution >= 0.6 is 11.6 Å². The predicted molar refractivity (Wildman–Crippen MR) is 112 cm³/mol. The SMILES string of the molecule is COc1ccc(C(CNCc2c(C(C)C)nn(C)c2Cl)N2CCOCC2)cc1. The van der Waals surface area contributed by atoms with Gasteiger partial charge in [-0.1, -0.05) is 37.6 Å². The molecule has 3 rings (SSSR count). The first-order valence-corrected chi connectivity index (χ1v) is 10.3. The number of nitrogens with one attached hydrogen (secondary N) is 1. The minimum absolute atomic E-state index is 0.271. The highest BCUT2D eigenvalue weighted by molar-refractivity contribution is 6.30. The van der Waals surface area contributed by atoms with Crippen LogP contribution in [0.1, 0.15) is 42.6 Å². The van der Waals surface area contributed by atoms with Crippen LogP contribution < -0.4 is 10.1 Å². The number of hydrogen-bond acceptors (Lipinski definition) is 5. The van der Waals surface area contributed by atoms with E-state index in [4.69, 9.17) is 21.1 Å². The molecule has 1 unspecified atom stereocenters. The number of hydrogen-bond donors (Lipinski definition) is 1. The van der Waals surface area contributed by atoms with Gasteiger partial charge in [0.25, 0.3) is 0 Å². The van der Waals surface area contributed by atoms with E-state index in [9.17, 15) is 0 Å². The van der Waals surface area contributed by atoms with Gasteiger partial charge >= 0.3 is 0 Å². The summed E-state index contributed by atoms with van der Waals surface area (Å²) in [4.78, 5) is 2.48. The van der Waals surface area contributed by atoms with Crippen molar-refractivity contribution in [1.29, 1.82) is 0 Å². The van der Waals surface area contributed by atoms with Gasteiger partial charge in [0.1, 0.15) is 10.9 Å². The fraction of sp³-hybridized carbons (Fsp3) is 0.571. The van der Waals surface area contributed by atoms with Crippen LogP contribution in [0, 0.1) is 0 Å². The summed E-state index contributed by atoms with van der Waals surface area (Å²) in [6, 6.07) is 8.62. The normalized spacial score (nSPS) is 16.5. The summed E-state index contributed by atoms with van der Waals surface area (Å²) in [5.41, 5.74) is 3.43. The zero-order chi connectivity index (χ0) is 20.1. The number of morpholine rings is 1. The molecule has 1 aromatic heterocycles. The minimum Gasteiger partial charge on any atom is -0.497 e. The maximum Gasteiger partial charge on any atom is 0.131 e. The molecule has 7 heteroatoms. The second-order valence-electron chi connectivity index (χ2n) is 7.50. The highest BCUT2D eigenvalue weighted by Gasteiger charge is 2.23. The molecule has 0 saturated carbocycles. The van der Waals surface area contributed by atoms with Crippen molar-refractivity contribution in [3.05, 3.63) is 46.2 Å². The van der Waals surface area contributed by atoms with Crippen molar-refractivity contribution in [2.45, 2.75) is 32.4 Å². The van der Waals surface area contributed by atoms with Gasteiger partial charge in [-0.3, -0.25) is 9.58 Å². The van der Waals surface area contributed by atoms with Crippen molar-refractivity contribution >= 4 is 11.6 Å². The largest absolute Gasteiger partial charge is 0.497 e. The number of rotatable bonds is 8. The summed E-state index contributed by atoms with van der Waals surface area (Å²) in [5.74, 6) is 1.22. The molecule has 1 aromatic carbocycles. The van der Waals surface area contributed by atoms with Crippen LogP contribution in [-0.4, -0.2) is 54.6 Å². The standard InChI is InChI=1S/C21H31ClN4O2/c1-15(2)20-18(21(22)25(3)24-20)13-23-14-19(26-9-11-28-12-10-26)16-5-7-17(27-4)8-6-16/h5-8,15,19,23H,9-14H2,1-4H3. The van der Waals surface area contributed by atoms with Crippen molar-refractivity contribution in [1.82, 2.24) is 20.0 Å². The van der Waals surface area contributed by atoms with Gasteiger partial charge in [0.05, 0.1) is 26.0 Å². The van der Waals surface area contributed by atoms with Crippen LogP contribution in [0.4, 0.5) is 0 Å². The number of aryl methyl sites for hydroxylation is 1. The van der Waals surface area contributed by atoms with E-state index in [1.54, 1.807) is 11.8 Å². The molecule has 1 saturated heterocycles. The summed E-state index contributed by atoms with van der Waals surface area (Å²) < 4.78 is 12.6. The highest BCUT2D eigenvalue weighted by atomic mass is 35.5. The minimum atomic E-state index is 0.271. The predicted octanol–water partition coefficient (Wildman–Crippen LogP) is 3.37. The smallest absolute Gasteiger partial charge is 0.131 e. The molecule has 2 aromatic rings. The van der Waals surface area contributed by atoms with Gasteiger partial charge in [-0.05, 0) is 23.6 Å². The molecular formula is C21H31ClN4O2. The lowest BCUT2D eigenvalue weighted by Crippen LogP contribution is -2.42. The van der Waals surface area contributed by atoms with E-state index < -0.39 is 0 Å². The zero-order valence-electron chi connectivity index (χ0n) is 17.2. The molecule has 1 fully saturated rings. The van der Waals surface area contributed by atoms with Crippen LogP contribution in [0.2, 0.25) is 5.15 Å². The third-order valence-corrected chi connectivity index (χ3v) is 5.75. The van der Waals surface area contributed by atoms with E-state index in [2.05, 4.69) is 41.3 Å². The third-order valence-electron chi connectivity index (χ3n) is 5.27. The lowest BCUT2D eigenvalue weighted by Gasteiger charge is -2.35. The Morgan fingerprint density at radius 3 is 2.50 bits per heavy atom. The van der Waals surface area contributed by atoms with Crippen molar-refractivity contribution in [3.63, 3.8) is 0 Å². The Morgan fingerprint density at radius 2 is 1.89 bits per heavy atom. The summed E-state index contributed by atoms with van der Waals surface area (Å²) in [6.45, 7) is 9.25. The molecule has 0 radical (unpaired) electrons. The quantitative estimate of drug-likeness (QED) is 0.728. The summed E-state index contributed by atoms with van der Waals surface area (Å²) in [5, 5.41) is 8.91. The summed E-state index contributed by atoms with van der Waals surface area (Å²) in [7, 11) is 3.59. The number of benzene rings is 1. The molecule has 6 nitrogen and oxygen atoms in total. The van der Waals surface area contributed by atoms with E-state index >= 15 is 0 Å². The maximum absolute atomic E-state index is 6.49. The van der Waals surface area contributed by atoms with Gasteiger partial charge in [-0.25, -0.2) is 0 Å². The van der Waals surface area contributed by atoms with Gasteiger partial charge in [-0.2, -0.15) is 5.10 Å². The number of halogens is 1. The fourth-order valence-electron chi connectivity index (χ4n) is 3.70. The zero-order valence-corrected chi connectivity index (χ0v) is 18.0. The van der Waals surface area contributed by atoms with E-state index in [1.165, 1.54) is 5.56 Å². The Hall–Kier alpha value is -1.60. The second kappa shape index (κ2) is 9.74. The van der Waals surface area contributed by atoms with Crippen LogP contribution in [0.3, 0.4) is 0 Å². The van der Waals surface area contributed by atoms with Crippen LogP contribution in [0.5, 0.6) is 5.75 Å².